The monoisotopic (exact) mass is 302 g/mol. The van der Waals surface area contributed by atoms with Crippen LogP contribution in [-0.4, -0.2) is 38.0 Å². The number of carboxylic acids is 1. The normalized spacial score (nSPS) is 13.4. The van der Waals surface area contributed by atoms with Crippen molar-refractivity contribution in [3.05, 3.63) is 47.8 Å². The van der Waals surface area contributed by atoms with Gasteiger partial charge in [-0.15, -0.1) is 5.10 Å². The minimum absolute atomic E-state index is 0.167. The molecule has 0 fully saturated rings. The van der Waals surface area contributed by atoms with Gasteiger partial charge in [-0.05, 0) is 19.4 Å². The second kappa shape index (κ2) is 6.84. The zero-order valence-corrected chi connectivity index (χ0v) is 12.4. The van der Waals surface area contributed by atoms with Crippen molar-refractivity contribution in [1.29, 1.82) is 0 Å². The van der Waals surface area contributed by atoms with E-state index in [9.17, 15) is 9.59 Å². The first-order valence-corrected chi connectivity index (χ1v) is 6.95. The minimum atomic E-state index is -0.958. The third-order valence-corrected chi connectivity index (χ3v) is 3.46. The zero-order valence-electron chi connectivity index (χ0n) is 12.4. The molecule has 22 heavy (non-hydrogen) atoms. The summed E-state index contributed by atoms with van der Waals surface area (Å²) in [4.78, 5) is 22.9. The lowest BCUT2D eigenvalue weighted by atomic mass is 10.0. The SMILES string of the molecule is CC(NC(=O)c1cn(Cc2ccccc2)nn1)C(C)C(=O)O. The summed E-state index contributed by atoms with van der Waals surface area (Å²) in [5, 5.41) is 19.3. The van der Waals surface area contributed by atoms with Crippen LogP contribution in [0.2, 0.25) is 0 Å². The Kier molecular flexibility index (Phi) is 4.88. The van der Waals surface area contributed by atoms with Crippen molar-refractivity contribution >= 4 is 11.9 Å². The van der Waals surface area contributed by atoms with Crippen LogP contribution >= 0.6 is 0 Å². The number of benzene rings is 1. The quantitative estimate of drug-likeness (QED) is 0.834. The number of aromatic nitrogens is 3. The van der Waals surface area contributed by atoms with Crippen LogP contribution in [0, 0.1) is 5.92 Å². The average molecular weight is 302 g/mol. The highest BCUT2D eigenvalue weighted by molar-refractivity contribution is 5.92. The first kappa shape index (κ1) is 15.7. The molecule has 7 heteroatoms. The first-order chi connectivity index (χ1) is 10.5. The smallest absolute Gasteiger partial charge is 0.308 e. The van der Waals surface area contributed by atoms with Crippen molar-refractivity contribution in [3.8, 4) is 0 Å². The zero-order chi connectivity index (χ0) is 16.1. The van der Waals surface area contributed by atoms with Crippen molar-refractivity contribution in [2.45, 2.75) is 26.4 Å². The van der Waals surface area contributed by atoms with Crippen LogP contribution in [0.1, 0.15) is 29.9 Å². The predicted molar refractivity (Wildman–Crippen MR) is 79.3 cm³/mol. The van der Waals surface area contributed by atoms with Gasteiger partial charge in [-0.2, -0.15) is 0 Å². The van der Waals surface area contributed by atoms with Gasteiger partial charge in [0.2, 0.25) is 0 Å². The van der Waals surface area contributed by atoms with Crippen molar-refractivity contribution < 1.29 is 14.7 Å². The molecule has 0 spiro atoms. The molecule has 2 rings (SSSR count). The molecule has 2 atom stereocenters. The van der Waals surface area contributed by atoms with Gasteiger partial charge in [0.1, 0.15) is 0 Å². The van der Waals surface area contributed by atoms with E-state index in [1.54, 1.807) is 24.7 Å². The van der Waals surface area contributed by atoms with Crippen LogP contribution in [0.5, 0.6) is 0 Å². The Hall–Kier alpha value is -2.70. The van der Waals surface area contributed by atoms with Crippen LogP contribution in [0.4, 0.5) is 0 Å². The van der Waals surface area contributed by atoms with E-state index in [1.165, 1.54) is 0 Å². The minimum Gasteiger partial charge on any atom is -0.481 e. The molecule has 1 heterocycles. The number of carbonyl (C=O) groups is 2. The summed E-state index contributed by atoms with van der Waals surface area (Å²) in [7, 11) is 0. The van der Waals surface area contributed by atoms with E-state index in [4.69, 9.17) is 5.11 Å². The van der Waals surface area contributed by atoms with Gasteiger partial charge in [-0.3, -0.25) is 9.59 Å². The molecular weight excluding hydrogens is 284 g/mol. The summed E-state index contributed by atoms with van der Waals surface area (Å²) in [5.74, 6) is -2.07. The Balaban J connectivity index is 1.99. The number of aliphatic carboxylic acids is 1. The Bertz CT molecular complexity index is 654. The topological polar surface area (TPSA) is 97.1 Å². The molecule has 2 unspecified atom stereocenters. The molecule has 0 aliphatic carbocycles. The van der Waals surface area contributed by atoms with E-state index < -0.39 is 23.8 Å². The maximum absolute atomic E-state index is 12.0. The van der Waals surface area contributed by atoms with Crippen molar-refractivity contribution in [2.24, 2.45) is 5.92 Å². The Morgan fingerprint density at radius 2 is 1.95 bits per heavy atom. The number of carboxylic acid groups (broad SMARTS) is 1. The highest BCUT2D eigenvalue weighted by atomic mass is 16.4. The van der Waals surface area contributed by atoms with E-state index in [2.05, 4.69) is 15.6 Å². The van der Waals surface area contributed by atoms with Crippen molar-refractivity contribution in [1.82, 2.24) is 20.3 Å². The first-order valence-electron chi connectivity index (χ1n) is 6.95. The standard InChI is InChI=1S/C15H18N4O3/c1-10(15(21)22)11(2)16-14(20)13-9-19(18-17-13)8-12-6-4-3-5-7-12/h3-7,9-11H,8H2,1-2H3,(H,16,20)(H,21,22). The Morgan fingerprint density at radius 1 is 1.27 bits per heavy atom. The molecule has 0 saturated heterocycles. The molecule has 0 saturated carbocycles. The maximum Gasteiger partial charge on any atom is 0.308 e. The molecule has 0 radical (unpaired) electrons. The van der Waals surface area contributed by atoms with Gasteiger partial charge in [-0.25, -0.2) is 4.68 Å². The number of hydrogen-bond donors (Lipinski definition) is 2. The van der Waals surface area contributed by atoms with Gasteiger partial charge in [0.25, 0.3) is 5.91 Å². The lowest BCUT2D eigenvalue weighted by Crippen LogP contribution is -2.40. The van der Waals surface area contributed by atoms with E-state index in [1.807, 2.05) is 30.3 Å². The van der Waals surface area contributed by atoms with Crippen molar-refractivity contribution in [3.63, 3.8) is 0 Å². The fourth-order valence-corrected chi connectivity index (χ4v) is 1.87. The van der Waals surface area contributed by atoms with E-state index >= 15 is 0 Å². The molecule has 7 nitrogen and oxygen atoms in total. The molecule has 2 aromatic rings. The molecule has 116 valence electrons. The van der Waals surface area contributed by atoms with Gasteiger partial charge < -0.3 is 10.4 Å². The fourth-order valence-electron chi connectivity index (χ4n) is 1.87. The van der Waals surface area contributed by atoms with Crippen LogP contribution < -0.4 is 5.32 Å². The largest absolute Gasteiger partial charge is 0.481 e. The van der Waals surface area contributed by atoms with Gasteiger partial charge in [-0.1, -0.05) is 35.5 Å². The second-order valence-corrected chi connectivity index (χ2v) is 5.18. The third-order valence-electron chi connectivity index (χ3n) is 3.46. The van der Waals surface area contributed by atoms with Crippen LogP contribution in [0.3, 0.4) is 0 Å². The van der Waals surface area contributed by atoms with Crippen molar-refractivity contribution in [2.75, 3.05) is 0 Å². The van der Waals surface area contributed by atoms with Gasteiger partial charge in [0, 0.05) is 6.04 Å². The summed E-state index contributed by atoms with van der Waals surface area (Å²) < 4.78 is 1.57. The summed E-state index contributed by atoms with van der Waals surface area (Å²) in [6, 6.07) is 9.19. The lowest BCUT2D eigenvalue weighted by Gasteiger charge is -2.16. The highest BCUT2D eigenvalue weighted by Gasteiger charge is 2.22. The molecule has 1 aromatic carbocycles. The summed E-state index contributed by atoms with van der Waals surface area (Å²) in [6.07, 6.45) is 1.54. The average Bonchev–Trinajstić information content (AvgIpc) is 2.96. The van der Waals surface area contributed by atoms with Gasteiger partial charge in [0.15, 0.2) is 5.69 Å². The number of amides is 1. The predicted octanol–water partition coefficient (Wildman–Crippen LogP) is 1.17. The number of carbonyl (C=O) groups excluding carboxylic acids is 1. The molecule has 0 bridgehead atoms. The number of nitrogens with zero attached hydrogens (tertiary/aromatic N) is 3. The van der Waals surface area contributed by atoms with Gasteiger partial charge >= 0.3 is 5.97 Å². The third kappa shape index (κ3) is 3.91. The lowest BCUT2D eigenvalue weighted by molar-refractivity contribution is -0.141. The molecule has 1 amide bonds. The van der Waals surface area contributed by atoms with E-state index in [-0.39, 0.29) is 5.69 Å². The summed E-state index contributed by atoms with van der Waals surface area (Å²) in [6.45, 7) is 3.70. The molecule has 0 aliphatic rings. The molecule has 1 aromatic heterocycles. The maximum atomic E-state index is 12.0. The van der Waals surface area contributed by atoms with Gasteiger partial charge in [0.05, 0.1) is 18.7 Å². The molecular formula is C15H18N4O3. The number of rotatable bonds is 6. The number of nitrogens with one attached hydrogen (secondary N) is 1. The highest BCUT2D eigenvalue weighted by Crippen LogP contribution is 2.05. The second-order valence-electron chi connectivity index (χ2n) is 5.18. The molecule has 2 N–H and O–H groups in total. The number of hydrogen-bond acceptors (Lipinski definition) is 4. The molecule has 0 aliphatic heterocycles. The Labute approximate surface area is 128 Å². The Morgan fingerprint density at radius 3 is 2.59 bits per heavy atom. The van der Waals surface area contributed by atoms with E-state index in [0.717, 1.165) is 5.56 Å². The van der Waals surface area contributed by atoms with Crippen LogP contribution in [0.25, 0.3) is 0 Å². The summed E-state index contributed by atoms with van der Waals surface area (Å²) >= 11 is 0. The van der Waals surface area contributed by atoms with Crippen LogP contribution in [-0.2, 0) is 11.3 Å². The fraction of sp³-hybridized carbons (Fsp3) is 0.333. The van der Waals surface area contributed by atoms with Crippen LogP contribution in [0.15, 0.2) is 36.5 Å². The van der Waals surface area contributed by atoms with E-state index in [0.29, 0.717) is 6.54 Å². The summed E-state index contributed by atoms with van der Waals surface area (Å²) in [5.41, 5.74) is 1.22.